The Labute approximate surface area is 120 Å². The predicted molar refractivity (Wildman–Crippen MR) is 69.5 cm³/mol. The van der Waals surface area contributed by atoms with Gasteiger partial charge in [-0.25, -0.2) is 9.59 Å². The fraction of sp³-hybridized carbons (Fsp3) is 0.462. The van der Waals surface area contributed by atoms with Gasteiger partial charge in [-0.05, 0) is 25.0 Å². The molecule has 0 bridgehead atoms. The van der Waals surface area contributed by atoms with Crippen molar-refractivity contribution in [3.8, 4) is 0 Å². The summed E-state index contributed by atoms with van der Waals surface area (Å²) in [6.45, 7) is 0.225. The summed E-state index contributed by atoms with van der Waals surface area (Å²) in [6, 6.07) is 1.40. The standard InChI is InChI=1S/C13H16N2O6/c16-11(17)6-10(12(18)19)14-13(20)15(8-3-4-8)7-9-2-1-5-21-9/h1-2,5,8,10H,3-4,6-7H2,(H,14,20)(H,16,17)(H,18,19)/t10-/m0/s1. The SMILES string of the molecule is O=C(O)C[C@H](NC(=O)N(Cc1ccco1)C1CC1)C(=O)O. The van der Waals surface area contributed by atoms with Gasteiger partial charge in [0.2, 0.25) is 0 Å². The van der Waals surface area contributed by atoms with Crippen LogP contribution in [0.4, 0.5) is 4.79 Å². The molecule has 0 aromatic carbocycles. The first-order valence-corrected chi connectivity index (χ1v) is 6.51. The third-order valence-electron chi connectivity index (χ3n) is 3.13. The molecule has 1 saturated carbocycles. The number of nitrogens with one attached hydrogen (secondary N) is 1. The summed E-state index contributed by atoms with van der Waals surface area (Å²) in [5.41, 5.74) is 0. The van der Waals surface area contributed by atoms with Crippen LogP contribution in [0.15, 0.2) is 22.8 Å². The maximum atomic E-state index is 12.2. The summed E-state index contributed by atoms with van der Waals surface area (Å²) in [7, 11) is 0. The zero-order valence-corrected chi connectivity index (χ0v) is 11.2. The van der Waals surface area contributed by atoms with E-state index in [1.807, 2.05) is 0 Å². The van der Waals surface area contributed by atoms with Crippen LogP contribution in [0.1, 0.15) is 25.0 Å². The molecule has 8 nitrogen and oxygen atoms in total. The lowest BCUT2D eigenvalue weighted by Crippen LogP contribution is -2.49. The molecule has 1 aromatic heterocycles. The fourth-order valence-electron chi connectivity index (χ4n) is 1.93. The second-order valence-electron chi connectivity index (χ2n) is 4.88. The number of aliphatic carboxylic acids is 2. The highest BCUT2D eigenvalue weighted by molar-refractivity contribution is 5.86. The topological polar surface area (TPSA) is 120 Å². The van der Waals surface area contributed by atoms with Crippen molar-refractivity contribution in [2.45, 2.75) is 37.9 Å². The van der Waals surface area contributed by atoms with Crippen molar-refractivity contribution in [3.05, 3.63) is 24.2 Å². The second kappa shape index (κ2) is 6.29. The molecule has 8 heteroatoms. The summed E-state index contributed by atoms with van der Waals surface area (Å²) in [4.78, 5) is 35.2. The lowest BCUT2D eigenvalue weighted by Gasteiger charge is -2.23. The van der Waals surface area contributed by atoms with Crippen molar-refractivity contribution in [2.75, 3.05) is 0 Å². The minimum atomic E-state index is -1.45. The van der Waals surface area contributed by atoms with Crippen LogP contribution in [-0.4, -0.2) is 45.2 Å². The minimum Gasteiger partial charge on any atom is -0.481 e. The van der Waals surface area contributed by atoms with Crippen LogP contribution in [0.25, 0.3) is 0 Å². The Morgan fingerprint density at radius 2 is 2.10 bits per heavy atom. The third-order valence-corrected chi connectivity index (χ3v) is 3.13. The molecule has 21 heavy (non-hydrogen) atoms. The molecule has 2 amide bonds. The van der Waals surface area contributed by atoms with E-state index in [1.54, 1.807) is 12.1 Å². The first-order valence-electron chi connectivity index (χ1n) is 6.51. The molecule has 1 atom stereocenters. The van der Waals surface area contributed by atoms with Gasteiger partial charge < -0.3 is 24.8 Å². The second-order valence-corrected chi connectivity index (χ2v) is 4.88. The van der Waals surface area contributed by atoms with E-state index in [2.05, 4.69) is 5.32 Å². The summed E-state index contributed by atoms with van der Waals surface area (Å²) < 4.78 is 5.18. The van der Waals surface area contributed by atoms with E-state index in [-0.39, 0.29) is 12.6 Å². The molecule has 0 saturated heterocycles. The lowest BCUT2D eigenvalue weighted by molar-refractivity contribution is -0.145. The molecule has 0 radical (unpaired) electrons. The average Bonchev–Trinajstić information content (AvgIpc) is 3.11. The van der Waals surface area contributed by atoms with E-state index in [9.17, 15) is 14.4 Å². The molecular weight excluding hydrogens is 280 g/mol. The maximum Gasteiger partial charge on any atom is 0.326 e. The number of rotatable bonds is 7. The summed E-state index contributed by atoms with van der Waals surface area (Å²) in [6.07, 6.45) is 2.50. The van der Waals surface area contributed by atoms with Crippen LogP contribution in [0.5, 0.6) is 0 Å². The smallest absolute Gasteiger partial charge is 0.326 e. The molecule has 0 aliphatic heterocycles. The molecule has 3 N–H and O–H groups in total. The summed E-state index contributed by atoms with van der Waals surface area (Å²) in [5.74, 6) is -2.08. The predicted octanol–water partition coefficient (Wildman–Crippen LogP) is 0.881. The normalized spacial score (nSPS) is 15.2. The number of carbonyl (C=O) groups excluding carboxylic acids is 1. The van der Waals surface area contributed by atoms with Crippen LogP contribution in [0, 0.1) is 0 Å². The first kappa shape index (κ1) is 14.9. The molecular formula is C13H16N2O6. The van der Waals surface area contributed by atoms with Gasteiger partial charge in [0.1, 0.15) is 11.8 Å². The van der Waals surface area contributed by atoms with Crippen molar-refractivity contribution >= 4 is 18.0 Å². The highest BCUT2D eigenvalue weighted by atomic mass is 16.4. The Kier molecular flexibility index (Phi) is 4.46. The highest BCUT2D eigenvalue weighted by Crippen LogP contribution is 2.28. The molecule has 0 unspecified atom stereocenters. The van der Waals surface area contributed by atoms with Crippen molar-refractivity contribution in [2.24, 2.45) is 0 Å². The summed E-state index contributed by atoms with van der Waals surface area (Å²) >= 11 is 0. The number of carboxylic acids is 2. The van der Waals surface area contributed by atoms with Gasteiger partial charge in [-0.2, -0.15) is 0 Å². The fourth-order valence-corrected chi connectivity index (χ4v) is 1.93. The zero-order valence-electron chi connectivity index (χ0n) is 11.2. The van der Waals surface area contributed by atoms with Crippen molar-refractivity contribution in [3.63, 3.8) is 0 Å². The molecule has 1 heterocycles. The van der Waals surface area contributed by atoms with E-state index in [1.165, 1.54) is 11.2 Å². The zero-order chi connectivity index (χ0) is 15.4. The molecule has 1 aliphatic rings. The van der Waals surface area contributed by atoms with Crippen molar-refractivity contribution < 1.29 is 29.0 Å². The third kappa shape index (κ3) is 4.23. The average molecular weight is 296 g/mol. The van der Waals surface area contributed by atoms with E-state index >= 15 is 0 Å². The van der Waals surface area contributed by atoms with E-state index in [0.29, 0.717) is 5.76 Å². The van der Waals surface area contributed by atoms with Crippen LogP contribution >= 0.6 is 0 Å². The van der Waals surface area contributed by atoms with E-state index in [0.717, 1.165) is 12.8 Å². The molecule has 0 spiro atoms. The van der Waals surface area contributed by atoms with Gasteiger partial charge in [-0.3, -0.25) is 4.79 Å². The van der Waals surface area contributed by atoms with Gasteiger partial charge in [-0.1, -0.05) is 0 Å². The Morgan fingerprint density at radius 1 is 1.38 bits per heavy atom. The van der Waals surface area contributed by atoms with Gasteiger partial charge in [0.25, 0.3) is 0 Å². The number of carboxylic acid groups (broad SMARTS) is 2. The maximum absolute atomic E-state index is 12.2. The number of amides is 2. The molecule has 114 valence electrons. The van der Waals surface area contributed by atoms with Crippen LogP contribution in [0.2, 0.25) is 0 Å². The van der Waals surface area contributed by atoms with Gasteiger partial charge in [0, 0.05) is 6.04 Å². The van der Waals surface area contributed by atoms with E-state index < -0.39 is 30.4 Å². The minimum absolute atomic E-state index is 0.0365. The van der Waals surface area contributed by atoms with E-state index in [4.69, 9.17) is 14.6 Å². The number of furan rings is 1. The van der Waals surface area contributed by atoms with Gasteiger partial charge >= 0.3 is 18.0 Å². The Morgan fingerprint density at radius 3 is 2.57 bits per heavy atom. The Balaban J connectivity index is 2.00. The highest BCUT2D eigenvalue weighted by Gasteiger charge is 2.35. The molecule has 1 aromatic rings. The molecule has 1 fully saturated rings. The van der Waals surface area contributed by atoms with Gasteiger partial charge in [0.05, 0.1) is 19.2 Å². The molecule has 1 aliphatic carbocycles. The summed E-state index contributed by atoms with van der Waals surface area (Å²) in [5, 5.41) is 19.9. The number of nitrogens with zero attached hydrogens (tertiary/aromatic N) is 1. The monoisotopic (exact) mass is 296 g/mol. The Hall–Kier alpha value is -2.51. The van der Waals surface area contributed by atoms with Crippen molar-refractivity contribution in [1.29, 1.82) is 0 Å². The lowest BCUT2D eigenvalue weighted by atomic mass is 10.2. The van der Waals surface area contributed by atoms with Crippen LogP contribution in [-0.2, 0) is 16.1 Å². The number of hydrogen-bond donors (Lipinski definition) is 3. The van der Waals surface area contributed by atoms with Crippen LogP contribution < -0.4 is 5.32 Å². The quantitative estimate of drug-likeness (QED) is 0.687. The van der Waals surface area contributed by atoms with Gasteiger partial charge in [0.15, 0.2) is 0 Å². The number of urea groups is 1. The number of carbonyl (C=O) groups is 3. The van der Waals surface area contributed by atoms with Gasteiger partial charge in [-0.15, -0.1) is 0 Å². The first-order chi connectivity index (χ1) is 9.97. The largest absolute Gasteiger partial charge is 0.481 e. The van der Waals surface area contributed by atoms with Crippen molar-refractivity contribution in [1.82, 2.24) is 10.2 Å². The Bertz CT molecular complexity index is 523. The van der Waals surface area contributed by atoms with Crippen LogP contribution in [0.3, 0.4) is 0 Å². The molecule has 2 rings (SSSR count). The number of hydrogen-bond acceptors (Lipinski definition) is 4.